The maximum atomic E-state index is 11.6. The number of hydrogen-bond acceptors (Lipinski definition) is 4. The highest BCUT2D eigenvalue weighted by atomic mass is 35.5. The first kappa shape index (κ1) is 14.2. The van der Waals surface area contributed by atoms with Crippen molar-refractivity contribution in [2.75, 3.05) is 18.4 Å². The van der Waals surface area contributed by atoms with Gasteiger partial charge in [0.2, 0.25) is 0 Å². The predicted octanol–water partition coefficient (Wildman–Crippen LogP) is 2.43. The number of carbonyl (C=O) groups is 1. The Labute approximate surface area is 109 Å². The van der Waals surface area contributed by atoms with Crippen LogP contribution in [0.25, 0.3) is 0 Å². The smallest absolute Gasteiger partial charge is 0.294 e. The van der Waals surface area contributed by atoms with Crippen LogP contribution in [0.5, 0.6) is 0 Å². The summed E-state index contributed by atoms with van der Waals surface area (Å²) in [7, 11) is 0. The summed E-state index contributed by atoms with van der Waals surface area (Å²) in [6.45, 7) is 4.51. The van der Waals surface area contributed by atoms with E-state index in [0.29, 0.717) is 13.1 Å². The molecular weight excluding hydrogens is 258 g/mol. The lowest BCUT2D eigenvalue weighted by Crippen LogP contribution is -2.22. The number of hydrogen-bond donors (Lipinski definition) is 2. The molecule has 1 aromatic rings. The van der Waals surface area contributed by atoms with Crippen LogP contribution in [0.15, 0.2) is 12.1 Å². The van der Waals surface area contributed by atoms with Gasteiger partial charge in [0.1, 0.15) is 5.69 Å². The minimum absolute atomic E-state index is 0.160. The van der Waals surface area contributed by atoms with E-state index in [1.807, 2.05) is 0 Å². The summed E-state index contributed by atoms with van der Waals surface area (Å²) in [5.41, 5.74) is 0.207. The van der Waals surface area contributed by atoms with E-state index in [0.717, 1.165) is 0 Å². The molecule has 1 amide bonds. The first-order chi connectivity index (χ1) is 8.51. The van der Waals surface area contributed by atoms with Crippen molar-refractivity contribution >= 4 is 28.9 Å². The van der Waals surface area contributed by atoms with Crippen molar-refractivity contribution in [3.8, 4) is 0 Å². The molecule has 0 aliphatic carbocycles. The van der Waals surface area contributed by atoms with Crippen LogP contribution in [0.1, 0.15) is 24.2 Å². The lowest BCUT2D eigenvalue weighted by molar-refractivity contribution is -0.384. The monoisotopic (exact) mass is 271 g/mol. The number of rotatable bonds is 5. The lowest BCUT2D eigenvalue weighted by Gasteiger charge is -2.09. The van der Waals surface area contributed by atoms with Crippen molar-refractivity contribution in [1.29, 1.82) is 0 Å². The molecule has 1 rings (SSSR count). The van der Waals surface area contributed by atoms with Crippen molar-refractivity contribution in [2.45, 2.75) is 13.8 Å². The fraction of sp³-hybridized carbons (Fsp3) is 0.364. The van der Waals surface area contributed by atoms with E-state index in [1.165, 1.54) is 12.1 Å². The first-order valence-corrected chi connectivity index (χ1v) is 5.89. The summed E-state index contributed by atoms with van der Waals surface area (Å²) in [6, 6.07) is 2.63. The molecular formula is C11H14ClN3O3. The Balaban J connectivity index is 3.27. The van der Waals surface area contributed by atoms with Crippen LogP contribution in [-0.2, 0) is 0 Å². The van der Waals surface area contributed by atoms with Crippen LogP contribution in [0.3, 0.4) is 0 Å². The van der Waals surface area contributed by atoms with Crippen molar-refractivity contribution < 1.29 is 9.72 Å². The molecule has 0 radical (unpaired) electrons. The zero-order chi connectivity index (χ0) is 13.7. The number of benzene rings is 1. The second kappa shape index (κ2) is 6.20. The largest absolute Gasteiger partial charge is 0.379 e. The van der Waals surface area contributed by atoms with Gasteiger partial charge in [0.15, 0.2) is 0 Å². The second-order valence-corrected chi connectivity index (χ2v) is 3.91. The number of nitro groups is 1. The van der Waals surface area contributed by atoms with Gasteiger partial charge in [-0.2, -0.15) is 0 Å². The average Bonchev–Trinajstić information content (AvgIpc) is 2.31. The molecule has 0 unspecified atom stereocenters. The van der Waals surface area contributed by atoms with Gasteiger partial charge in [-0.1, -0.05) is 11.6 Å². The predicted molar refractivity (Wildman–Crippen MR) is 70.3 cm³/mol. The number of carbonyl (C=O) groups excluding carboxylic acids is 1. The van der Waals surface area contributed by atoms with Crippen molar-refractivity contribution in [3.63, 3.8) is 0 Å². The quantitative estimate of drug-likeness (QED) is 0.636. The molecule has 1 aromatic carbocycles. The van der Waals surface area contributed by atoms with Gasteiger partial charge in [-0.3, -0.25) is 14.9 Å². The van der Waals surface area contributed by atoms with Crippen molar-refractivity contribution in [3.05, 3.63) is 32.8 Å². The van der Waals surface area contributed by atoms with Crippen LogP contribution < -0.4 is 10.6 Å². The third-order valence-corrected chi connectivity index (χ3v) is 2.52. The average molecular weight is 272 g/mol. The SMILES string of the molecule is CCNC(=O)c1cc(Cl)c(NCC)c([N+](=O)[O-])c1. The normalized spacial score (nSPS) is 9.94. The maximum Gasteiger partial charge on any atom is 0.294 e. The van der Waals surface area contributed by atoms with Crippen LogP contribution >= 0.6 is 11.6 Å². The molecule has 0 heterocycles. The Bertz CT molecular complexity index is 477. The zero-order valence-corrected chi connectivity index (χ0v) is 10.9. The molecule has 7 heteroatoms. The number of nitrogens with zero attached hydrogens (tertiary/aromatic N) is 1. The van der Waals surface area contributed by atoms with E-state index in [-0.39, 0.29) is 27.9 Å². The van der Waals surface area contributed by atoms with Crippen molar-refractivity contribution in [2.24, 2.45) is 0 Å². The maximum absolute atomic E-state index is 11.6. The molecule has 0 aliphatic rings. The fourth-order valence-electron chi connectivity index (χ4n) is 1.48. The highest BCUT2D eigenvalue weighted by Gasteiger charge is 2.20. The molecule has 0 bridgehead atoms. The third kappa shape index (κ3) is 3.10. The van der Waals surface area contributed by atoms with Gasteiger partial charge in [0.25, 0.3) is 11.6 Å². The fourth-order valence-corrected chi connectivity index (χ4v) is 1.76. The van der Waals surface area contributed by atoms with E-state index in [9.17, 15) is 14.9 Å². The summed E-state index contributed by atoms with van der Waals surface area (Å²) in [5.74, 6) is -0.384. The molecule has 0 atom stereocenters. The summed E-state index contributed by atoms with van der Waals surface area (Å²) in [6.07, 6.45) is 0. The standard InChI is InChI=1S/C11H14ClN3O3/c1-3-13-10-8(12)5-7(11(16)14-4-2)6-9(10)15(17)18/h5-6,13H,3-4H2,1-2H3,(H,14,16). The molecule has 0 aromatic heterocycles. The number of nitro benzene ring substituents is 1. The Kier molecular flexibility index (Phi) is 4.91. The van der Waals surface area contributed by atoms with Crippen LogP contribution in [-0.4, -0.2) is 23.9 Å². The molecule has 2 N–H and O–H groups in total. The highest BCUT2D eigenvalue weighted by Crippen LogP contribution is 2.33. The molecule has 0 spiro atoms. The Morgan fingerprint density at radius 3 is 2.56 bits per heavy atom. The van der Waals surface area contributed by atoms with Gasteiger partial charge < -0.3 is 10.6 Å². The molecule has 0 fully saturated rings. The van der Waals surface area contributed by atoms with Gasteiger partial charge in [-0.25, -0.2) is 0 Å². The van der Waals surface area contributed by atoms with Gasteiger partial charge >= 0.3 is 0 Å². The van der Waals surface area contributed by atoms with Gasteiger partial charge in [-0.05, 0) is 19.9 Å². The van der Waals surface area contributed by atoms with Crippen LogP contribution in [0.4, 0.5) is 11.4 Å². The van der Waals surface area contributed by atoms with E-state index in [4.69, 9.17) is 11.6 Å². The summed E-state index contributed by atoms with van der Waals surface area (Å²) < 4.78 is 0. The lowest BCUT2D eigenvalue weighted by atomic mass is 10.1. The minimum atomic E-state index is -0.563. The van der Waals surface area contributed by atoms with Crippen molar-refractivity contribution in [1.82, 2.24) is 5.32 Å². The van der Waals surface area contributed by atoms with Crippen LogP contribution in [0.2, 0.25) is 5.02 Å². The second-order valence-electron chi connectivity index (χ2n) is 3.50. The van der Waals surface area contributed by atoms with Gasteiger partial charge in [-0.15, -0.1) is 0 Å². The number of nitrogens with one attached hydrogen (secondary N) is 2. The third-order valence-electron chi connectivity index (χ3n) is 2.22. The van der Waals surface area contributed by atoms with Gasteiger partial charge in [0, 0.05) is 24.7 Å². The molecule has 0 aliphatic heterocycles. The molecule has 0 saturated heterocycles. The highest BCUT2D eigenvalue weighted by molar-refractivity contribution is 6.34. The molecule has 0 saturated carbocycles. The molecule has 6 nitrogen and oxygen atoms in total. The van der Waals surface area contributed by atoms with E-state index < -0.39 is 4.92 Å². The van der Waals surface area contributed by atoms with E-state index in [1.54, 1.807) is 13.8 Å². The van der Waals surface area contributed by atoms with Crippen LogP contribution in [0, 0.1) is 10.1 Å². The minimum Gasteiger partial charge on any atom is -0.379 e. The number of amides is 1. The molecule has 18 heavy (non-hydrogen) atoms. The Morgan fingerprint density at radius 2 is 2.06 bits per heavy atom. The van der Waals surface area contributed by atoms with E-state index >= 15 is 0 Å². The summed E-state index contributed by atoms with van der Waals surface area (Å²) in [5, 5.41) is 16.5. The number of halogens is 1. The summed E-state index contributed by atoms with van der Waals surface area (Å²) in [4.78, 5) is 22.0. The first-order valence-electron chi connectivity index (χ1n) is 5.51. The number of anilines is 1. The Morgan fingerprint density at radius 1 is 1.39 bits per heavy atom. The summed E-state index contributed by atoms with van der Waals surface area (Å²) >= 11 is 5.95. The topological polar surface area (TPSA) is 84.3 Å². The van der Waals surface area contributed by atoms with E-state index in [2.05, 4.69) is 10.6 Å². The van der Waals surface area contributed by atoms with Gasteiger partial charge in [0.05, 0.1) is 9.95 Å². The Hall–Kier alpha value is -1.82. The molecule has 98 valence electrons. The zero-order valence-electron chi connectivity index (χ0n) is 10.1.